The van der Waals surface area contributed by atoms with Gasteiger partial charge in [0, 0.05) is 15.4 Å². The van der Waals surface area contributed by atoms with E-state index in [1.54, 1.807) is 0 Å². The van der Waals surface area contributed by atoms with Crippen molar-refractivity contribution in [2.75, 3.05) is 0 Å². The highest BCUT2D eigenvalue weighted by Gasteiger charge is 2.22. The first-order chi connectivity index (χ1) is 9.49. The van der Waals surface area contributed by atoms with Crippen LogP contribution in [0.15, 0.2) is 57.9 Å². The second-order valence-corrected chi connectivity index (χ2v) is 7.62. The third-order valence-electron chi connectivity index (χ3n) is 3.35. The molecule has 0 aliphatic heterocycles. The van der Waals surface area contributed by atoms with Gasteiger partial charge in [-0.25, -0.2) is 0 Å². The molecule has 3 atom stereocenters. The van der Waals surface area contributed by atoms with Gasteiger partial charge in [-0.1, -0.05) is 45.8 Å². The van der Waals surface area contributed by atoms with E-state index in [0.29, 0.717) is 0 Å². The van der Waals surface area contributed by atoms with Crippen molar-refractivity contribution < 1.29 is 4.21 Å². The van der Waals surface area contributed by atoms with Gasteiger partial charge in [0.15, 0.2) is 0 Å². The lowest BCUT2D eigenvalue weighted by atomic mass is 10.0. The van der Waals surface area contributed by atoms with Crippen molar-refractivity contribution in [2.24, 2.45) is 5.73 Å². The highest BCUT2D eigenvalue weighted by molar-refractivity contribution is 9.10. The Morgan fingerprint density at radius 2 is 1.60 bits per heavy atom. The molecule has 0 amide bonds. The first-order valence-corrected chi connectivity index (χ1v) is 8.48. The Balaban J connectivity index is 2.17. The minimum absolute atomic E-state index is 0.140. The number of rotatable bonds is 4. The molecule has 0 fully saturated rings. The summed E-state index contributed by atoms with van der Waals surface area (Å²) in [6, 6.07) is 15.4. The second kappa shape index (κ2) is 6.66. The molecule has 0 spiro atoms. The molecule has 3 unspecified atom stereocenters. The van der Waals surface area contributed by atoms with E-state index in [2.05, 4.69) is 15.9 Å². The van der Waals surface area contributed by atoms with Crippen molar-refractivity contribution in [2.45, 2.75) is 30.0 Å². The topological polar surface area (TPSA) is 43.1 Å². The molecule has 0 heterocycles. The summed E-state index contributed by atoms with van der Waals surface area (Å²) in [5, 5.41) is -0.140. The van der Waals surface area contributed by atoms with Crippen LogP contribution in [0.1, 0.15) is 24.1 Å². The summed E-state index contributed by atoms with van der Waals surface area (Å²) < 4.78 is 13.5. The standard InChI is InChI=1S/C16H18BrNOS/c1-11-3-5-13(6-4-11)16(18)12(2)20(19)15-9-7-14(17)8-10-15/h3-10,12,16H,18H2,1-2H3. The third kappa shape index (κ3) is 3.57. The first kappa shape index (κ1) is 15.4. The Hall–Kier alpha value is -0.970. The molecule has 0 saturated heterocycles. The normalized spacial score (nSPS) is 15.6. The lowest BCUT2D eigenvalue weighted by Crippen LogP contribution is -2.27. The zero-order valence-electron chi connectivity index (χ0n) is 11.5. The predicted molar refractivity (Wildman–Crippen MR) is 88.1 cm³/mol. The Morgan fingerprint density at radius 3 is 2.15 bits per heavy atom. The van der Waals surface area contributed by atoms with E-state index < -0.39 is 10.8 Å². The van der Waals surface area contributed by atoms with E-state index in [-0.39, 0.29) is 11.3 Å². The third-order valence-corrected chi connectivity index (χ3v) is 5.59. The van der Waals surface area contributed by atoms with Crippen molar-refractivity contribution in [3.05, 3.63) is 64.1 Å². The van der Waals surface area contributed by atoms with Gasteiger partial charge in [0.2, 0.25) is 0 Å². The molecule has 2 nitrogen and oxygen atoms in total. The van der Waals surface area contributed by atoms with Crippen molar-refractivity contribution in [3.63, 3.8) is 0 Å². The number of aryl methyl sites for hydroxylation is 1. The van der Waals surface area contributed by atoms with E-state index in [9.17, 15) is 4.21 Å². The van der Waals surface area contributed by atoms with Gasteiger partial charge >= 0.3 is 0 Å². The fourth-order valence-electron chi connectivity index (χ4n) is 1.98. The number of nitrogens with two attached hydrogens (primary N) is 1. The van der Waals surface area contributed by atoms with E-state index in [1.165, 1.54) is 5.56 Å². The number of hydrogen-bond donors (Lipinski definition) is 1. The van der Waals surface area contributed by atoms with Crippen molar-refractivity contribution in [1.29, 1.82) is 0 Å². The van der Waals surface area contributed by atoms with Gasteiger partial charge in [-0.2, -0.15) is 0 Å². The van der Waals surface area contributed by atoms with E-state index >= 15 is 0 Å². The first-order valence-electron chi connectivity index (χ1n) is 6.47. The van der Waals surface area contributed by atoms with Gasteiger partial charge in [-0.3, -0.25) is 4.21 Å². The van der Waals surface area contributed by atoms with Crippen LogP contribution in [0.5, 0.6) is 0 Å². The Kier molecular flexibility index (Phi) is 5.13. The van der Waals surface area contributed by atoms with Crippen LogP contribution < -0.4 is 5.73 Å². The van der Waals surface area contributed by atoms with Gasteiger partial charge in [0.1, 0.15) is 0 Å². The molecule has 0 aliphatic carbocycles. The van der Waals surface area contributed by atoms with E-state index in [0.717, 1.165) is 14.9 Å². The summed E-state index contributed by atoms with van der Waals surface area (Å²) in [4.78, 5) is 0.809. The minimum Gasteiger partial charge on any atom is -0.323 e. The summed E-state index contributed by atoms with van der Waals surface area (Å²) in [5.74, 6) is 0. The van der Waals surface area contributed by atoms with Gasteiger partial charge in [0.05, 0.1) is 16.0 Å². The molecule has 20 heavy (non-hydrogen) atoms. The molecule has 0 aliphatic rings. The summed E-state index contributed by atoms with van der Waals surface area (Å²) >= 11 is 3.38. The van der Waals surface area contributed by atoms with Crippen LogP contribution in [-0.4, -0.2) is 9.46 Å². The van der Waals surface area contributed by atoms with Crippen LogP contribution in [0.2, 0.25) is 0 Å². The highest BCUT2D eigenvalue weighted by Crippen LogP contribution is 2.23. The maximum Gasteiger partial charge on any atom is 0.0577 e. The van der Waals surface area contributed by atoms with Crippen LogP contribution in [0, 0.1) is 6.92 Å². The van der Waals surface area contributed by atoms with Crippen molar-refractivity contribution in [3.8, 4) is 0 Å². The molecule has 2 N–H and O–H groups in total. The lowest BCUT2D eigenvalue weighted by molar-refractivity contribution is 0.643. The van der Waals surface area contributed by atoms with E-state index in [4.69, 9.17) is 5.73 Å². The predicted octanol–water partition coefficient (Wildman–Crippen LogP) is 3.95. The minimum atomic E-state index is -1.12. The van der Waals surface area contributed by atoms with Gasteiger partial charge in [-0.15, -0.1) is 0 Å². The summed E-state index contributed by atoms with van der Waals surface area (Å²) in [6.45, 7) is 3.97. The summed E-state index contributed by atoms with van der Waals surface area (Å²) in [6.07, 6.45) is 0. The monoisotopic (exact) mass is 351 g/mol. The smallest absolute Gasteiger partial charge is 0.0577 e. The summed E-state index contributed by atoms with van der Waals surface area (Å²) in [5.41, 5.74) is 8.47. The molecular formula is C16H18BrNOS. The lowest BCUT2D eigenvalue weighted by Gasteiger charge is -2.20. The largest absolute Gasteiger partial charge is 0.323 e. The van der Waals surface area contributed by atoms with Crippen LogP contribution >= 0.6 is 15.9 Å². The molecule has 0 radical (unpaired) electrons. The van der Waals surface area contributed by atoms with E-state index in [1.807, 2.05) is 62.4 Å². The molecule has 0 saturated carbocycles. The zero-order chi connectivity index (χ0) is 14.7. The van der Waals surface area contributed by atoms with Crippen molar-refractivity contribution >= 4 is 26.7 Å². The fourth-order valence-corrected chi connectivity index (χ4v) is 3.50. The number of hydrogen-bond acceptors (Lipinski definition) is 2. The summed E-state index contributed by atoms with van der Waals surface area (Å²) in [7, 11) is -1.12. The maximum absolute atomic E-state index is 12.6. The Labute approximate surface area is 131 Å². The van der Waals surface area contributed by atoms with Gasteiger partial charge in [-0.05, 0) is 43.7 Å². The maximum atomic E-state index is 12.6. The van der Waals surface area contributed by atoms with Crippen LogP contribution in [0.4, 0.5) is 0 Å². The quantitative estimate of drug-likeness (QED) is 0.905. The fraction of sp³-hybridized carbons (Fsp3) is 0.250. The second-order valence-electron chi connectivity index (χ2n) is 4.89. The SMILES string of the molecule is Cc1ccc(C(N)C(C)S(=O)c2ccc(Br)cc2)cc1. The zero-order valence-corrected chi connectivity index (χ0v) is 13.9. The van der Waals surface area contributed by atoms with Gasteiger partial charge in [0.25, 0.3) is 0 Å². The van der Waals surface area contributed by atoms with Crippen LogP contribution in [0.25, 0.3) is 0 Å². The van der Waals surface area contributed by atoms with Crippen molar-refractivity contribution in [1.82, 2.24) is 0 Å². The van der Waals surface area contributed by atoms with Gasteiger partial charge < -0.3 is 5.73 Å². The molecular weight excluding hydrogens is 334 g/mol. The number of halogens is 1. The molecule has 2 aromatic carbocycles. The molecule has 4 heteroatoms. The molecule has 0 bridgehead atoms. The highest BCUT2D eigenvalue weighted by atomic mass is 79.9. The molecule has 0 aromatic heterocycles. The Morgan fingerprint density at radius 1 is 1.05 bits per heavy atom. The average Bonchev–Trinajstić information content (AvgIpc) is 2.46. The molecule has 2 rings (SSSR count). The Bertz CT molecular complexity index is 595. The molecule has 106 valence electrons. The van der Waals surface area contributed by atoms with Crippen LogP contribution in [0.3, 0.4) is 0 Å². The van der Waals surface area contributed by atoms with Crippen LogP contribution in [-0.2, 0) is 10.8 Å². The average molecular weight is 352 g/mol. The molecule has 2 aromatic rings. The number of benzene rings is 2.